The van der Waals surface area contributed by atoms with E-state index >= 15 is 0 Å². The highest BCUT2D eigenvalue weighted by Crippen LogP contribution is 2.22. The van der Waals surface area contributed by atoms with Crippen LogP contribution in [0, 0.1) is 0 Å². The van der Waals surface area contributed by atoms with E-state index in [1.165, 1.54) is 0 Å². The largest absolute Gasteiger partial charge is 0.351 e. The number of amides is 2. The molecule has 1 aliphatic heterocycles. The van der Waals surface area contributed by atoms with E-state index in [1.54, 1.807) is 17.0 Å². The maximum absolute atomic E-state index is 12.7. The molecule has 6 nitrogen and oxygen atoms in total. The molecule has 0 radical (unpaired) electrons. The molecule has 0 fully saturated rings. The molecule has 0 saturated heterocycles. The Bertz CT molecular complexity index is 756. The molecule has 1 aliphatic rings. The summed E-state index contributed by atoms with van der Waals surface area (Å²) in [6, 6.07) is 7.32. The lowest BCUT2D eigenvalue weighted by Gasteiger charge is -2.27. The van der Waals surface area contributed by atoms with Crippen molar-refractivity contribution in [2.75, 3.05) is 13.1 Å². The molecule has 1 aromatic heterocycles. The van der Waals surface area contributed by atoms with Crippen molar-refractivity contribution in [3.05, 3.63) is 51.3 Å². The number of hydrogen-bond donors (Lipinski definition) is 2. The summed E-state index contributed by atoms with van der Waals surface area (Å²) >= 11 is 3.38. The Labute approximate surface area is 142 Å². The Balaban J connectivity index is 1.83. The molecule has 120 valence electrons. The van der Waals surface area contributed by atoms with Crippen molar-refractivity contribution in [3.63, 3.8) is 0 Å². The molecule has 0 saturated carbocycles. The van der Waals surface area contributed by atoms with Gasteiger partial charge in [-0.1, -0.05) is 22.0 Å². The van der Waals surface area contributed by atoms with Crippen LogP contribution in [0.4, 0.5) is 0 Å². The first kappa shape index (κ1) is 15.7. The lowest BCUT2D eigenvalue weighted by Crippen LogP contribution is -2.37. The first-order valence-electron chi connectivity index (χ1n) is 7.49. The van der Waals surface area contributed by atoms with Crippen LogP contribution in [0.25, 0.3) is 0 Å². The number of benzene rings is 1. The maximum atomic E-state index is 12.7. The van der Waals surface area contributed by atoms with Gasteiger partial charge in [-0.15, -0.1) is 0 Å². The third kappa shape index (κ3) is 3.14. The molecular formula is C16H17BrN4O2. The summed E-state index contributed by atoms with van der Waals surface area (Å²) in [6.07, 6.45) is 0.668. The third-order valence-electron chi connectivity index (χ3n) is 3.84. The van der Waals surface area contributed by atoms with E-state index in [2.05, 4.69) is 31.4 Å². The number of nitrogens with zero attached hydrogens (tertiary/aromatic N) is 2. The Morgan fingerprint density at radius 2 is 2.26 bits per heavy atom. The Morgan fingerprint density at radius 3 is 3.00 bits per heavy atom. The minimum absolute atomic E-state index is 0.0417. The van der Waals surface area contributed by atoms with E-state index in [-0.39, 0.29) is 11.8 Å². The second kappa shape index (κ2) is 6.54. The molecule has 2 heterocycles. The highest BCUT2D eigenvalue weighted by molar-refractivity contribution is 9.10. The van der Waals surface area contributed by atoms with Crippen molar-refractivity contribution in [2.24, 2.45) is 0 Å². The molecule has 0 aliphatic carbocycles. The van der Waals surface area contributed by atoms with Crippen molar-refractivity contribution >= 4 is 27.7 Å². The average Bonchev–Trinajstić information content (AvgIpc) is 2.97. The van der Waals surface area contributed by atoms with Crippen LogP contribution >= 0.6 is 15.9 Å². The second-order valence-corrected chi connectivity index (χ2v) is 6.29. The smallest absolute Gasteiger partial charge is 0.272 e. The normalized spacial score (nSPS) is 13.6. The number of halogens is 1. The predicted octanol–water partition coefficient (Wildman–Crippen LogP) is 2.12. The zero-order valence-corrected chi connectivity index (χ0v) is 14.3. The fourth-order valence-electron chi connectivity index (χ4n) is 2.70. The van der Waals surface area contributed by atoms with Crippen LogP contribution in [0.2, 0.25) is 0 Å². The van der Waals surface area contributed by atoms with Crippen molar-refractivity contribution in [3.8, 4) is 0 Å². The zero-order valence-electron chi connectivity index (χ0n) is 12.7. The molecule has 0 bridgehead atoms. The van der Waals surface area contributed by atoms with Gasteiger partial charge >= 0.3 is 0 Å². The molecule has 0 unspecified atom stereocenters. The number of hydrogen-bond acceptors (Lipinski definition) is 3. The van der Waals surface area contributed by atoms with Crippen molar-refractivity contribution < 1.29 is 9.59 Å². The van der Waals surface area contributed by atoms with Gasteiger partial charge in [0.1, 0.15) is 0 Å². The number of aromatic amines is 1. The van der Waals surface area contributed by atoms with Crippen molar-refractivity contribution in [1.82, 2.24) is 20.4 Å². The summed E-state index contributed by atoms with van der Waals surface area (Å²) in [5, 5.41) is 9.78. The summed E-state index contributed by atoms with van der Waals surface area (Å²) < 4.78 is 0.868. The summed E-state index contributed by atoms with van der Waals surface area (Å²) in [5.41, 5.74) is 2.76. The van der Waals surface area contributed by atoms with Crippen LogP contribution in [-0.2, 0) is 13.0 Å². The van der Waals surface area contributed by atoms with Crippen LogP contribution in [0.15, 0.2) is 28.7 Å². The molecule has 0 spiro atoms. The fraction of sp³-hybridized carbons (Fsp3) is 0.312. The molecule has 2 amide bonds. The van der Waals surface area contributed by atoms with E-state index in [0.29, 0.717) is 37.3 Å². The Hall–Kier alpha value is -2.15. The number of rotatable bonds is 3. The lowest BCUT2D eigenvalue weighted by molar-refractivity contribution is 0.0731. The molecule has 2 aromatic rings. The third-order valence-corrected chi connectivity index (χ3v) is 4.34. The van der Waals surface area contributed by atoms with Crippen molar-refractivity contribution in [2.45, 2.75) is 19.9 Å². The number of carbonyl (C=O) groups excluding carboxylic acids is 2. The number of aromatic nitrogens is 2. The monoisotopic (exact) mass is 376 g/mol. The maximum Gasteiger partial charge on any atom is 0.272 e. The first-order chi connectivity index (χ1) is 11.1. The average molecular weight is 377 g/mol. The van der Waals surface area contributed by atoms with Gasteiger partial charge in [-0.3, -0.25) is 14.7 Å². The number of carbonyl (C=O) groups is 2. The number of fused-ring (bicyclic) bond motifs is 1. The predicted molar refractivity (Wildman–Crippen MR) is 89.2 cm³/mol. The van der Waals surface area contributed by atoms with Gasteiger partial charge in [-0.2, -0.15) is 5.10 Å². The van der Waals surface area contributed by atoms with Gasteiger partial charge in [-0.25, -0.2) is 0 Å². The summed E-state index contributed by atoms with van der Waals surface area (Å²) in [4.78, 5) is 26.5. The first-order valence-corrected chi connectivity index (χ1v) is 8.28. The highest BCUT2D eigenvalue weighted by Gasteiger charge is 2.28. The molecule has 1 aromatic carbocycles. The van der Waals surface area contributed by atoms with E-state index < -0.39 is 0 Å². The van der Waals surface area contributed by atoms with E-state index in [1.807, 2.05) is 19.1 Å². The second-order valence-electron chi connectivity index (χ2n) is 5.38. The SMILES string of the molecule is CCNC(=O)c1n[nH]c2c1CN(C(=O)c1cccc(Br)c1)CC2. The summed E-state index contributed by atoms with van der Waals surface area (Å²) in [5.74, 6) is -0.248. The molecule has 23 heavy (non-hydrogen) atoms. The zero-order chi connectivity index (χ0) is 16.4. The van der Waals surface area contributed by atoms with Crippen LogP contribution in [0.5, 0.6) is 0 Å². The molecular weight excluding hydrogens is 360 g/mol. The molecule has 7 heteroatoms. The quantitative estimate of drug-likeness (QED) is 0.860. The number of H-pyrrole nitrogens is 1. The Kier molecular flexibility index (Phi) is 4.47. The molecule has 2 N–H and O–H groups in total. The summed E-state index contributed by atoms with van der Waals surface area (Å²) in [7, 11) is 0. The van der Waals surface area contributed by atoms with Gasteiger partial charge in [0.05, 0.1) is 6.54 Å². The fourth-order valence-corrected chi connectivity index (χ4v) is 3.10. The highest BCUT2D eigenvalue weighted by atomic mass is 79.9. The molecule has 3 rings (SSSR count). The van der Waals surface area contributed by atoms with E-state index in [4.69, 9.17) is 0 Å². The van der Waals surface area contributed by atoms with Gasteiger partial charge in [0, 0.05) is 40.8 Å². The minimum Gasteiger partial charge on any atom is -0.351 e. The summed E-state index contributed by atoms with van der Waals surface area (Å²) in [6.45, 7) is 3.40. The Morgan fingerprint density at radius 1 is 1.43 bits per heavy atom. The standard InChI is InChI=1S/C16H17BrN4O2/c1-2-18-15(22)14-12-9-21(7-6-13(12)19-20-14)16(23)10-4-3-5-11(17)8-10/h3-5,8H,2,6-7,9H2,1H3,(H,18,22)(H,19,20). The van der Waals surface area contributed by atoms with Crippen LogP contribution in [0.3, 0.4) is 0 Å². The van der Waals surface area contributed by atoms with Gasteiger partial charge in [0.15, 0.2) is 5.69 Å². The topological polar surface area (TPSA) is 78.1 Å². The van der Waals surface area contributed by atoms with E-state index in [9.17, 15) is 9.59 Å². The molecule has 0 atom stereocenters. The van der Waals surface area contributed by atoms with Crippen LogP contribution in [0.1, 0.15) is 39.0 Å². The van der Waals surface area contributed by atoms with Gasteiger partial charge in [0.25, 0.3) is 11.8 Å². The minimum atomic E-state index is -0.207. The van der Waals surface area contributed by atoms with Crippen LogP contribution < -0.4 is 5.32 Å². The van der Waals surface area contributed by atoms with Gasteiger partial charge in [-0.05, 0) is 25.1 Å². The number of nitrogens with one attached hydrogen (secondary N) is 2. The van der Waals surface area contributed by atoms with Gasteiger partial charge in [0.2, 0.25) is 0 Å². The van der Waals surface area contributed by atoms with Crippen molar-refractivity contribution in [1.29, 1.82) is 0 Å². The van der Waals surface area contributed by atoms with Gasteiger partial charge < -0.3 is 10.2 Å². The van der Waals surface area contributed by atoms with Crippen LogP contribution in [-0.4, -0.2) is 40.0 Å². The van der Waals surface area contributed by atoms with E-state index in [0.717, 1.165) is 15.7 Å². The lowest BCUT2D eigenvalue weighted by atomic mass is 10.0.